The van der Waals surface area contributed by atoms with Gasteiger partial charge in [0.1, 0.15) is 17.9 Å². The lowest BCUT2D eigenvalue weighted by atomic mass is 10.0. The van der Waals surface area contributed by atoms with E-state index in [2.05, 4.69) is 10.1 Å². The number of sulfone groups is 1. The predicted molar refractivity (Wildman–Crippen MR) is 171 cm³/mol. The van der Waals surface area contributed by atoms with E-state index in [1.807, 2.05) is 0 Å². The molecule has 4 aromatic carbocycles. The van der Waals surface area contributed by atoms with Gasteiger partial charge in [-0.15, -0.1) is 0 Å². The maximum absolute atomic E-state index is 13.9. The summed E-state index contributed by atoms with van der Waals surface area (Å²) in [7, 11) is -8.06. The van der Waals surface area contributed by atoms with Crippen LogP contribution in [0.2, 0.25) is 10.0 Å². The zero-order valence-electron chi connectivity index (χ0n) is 24.3. The van der Waals surface area contributed by atoms with E-state index in [4.69, 9.17) is 32.5 Å². The van der Waals surface area contributed by atoms with Crippen LogP contribution in [0.15, 0.2) is 99.2 Å². The highest BCUT2D eigenvalue weighted by Gasteiger charge is 2.30. The van der Waals surface area contributed by atoms with Crippen molar-refractivity contribution in [1.82, 2.24) is 10.1 Å². The zero-order chi connectivity index (χ0) is 32.6. The third kappa shape index (κ3) is 7.47. The van der Waals surface area contributed by atoms with Gasteiger partial charge in [-0.25, -0.2) is 16.8 Å². The van der Waals surface area contributed by atoms with Gasteiger partial charge in [0, 0.05) is 15.6 Å². The van der Waals surface area contributed by atoms with Gasteiger partial charge in [0.25, 0.3) is 15.9 Å². The molecular formula is C31H27Cl2N3O7S2. The molecule has 0 fully saturated rings. The van der Waals surface area contributed by atoms with Crippen LogP contribution in [-0.4, -0.2) is 45.1 Å². The van der Waals surface area contributed by atoms with Crippen molar-refractivity contribution in [3.05, 3.63) is 101 Å². The number of esters is 1. The second-order valence-corrected chi connectivity index (χ2v) is 15.7. The van der Waals surface area contributed by atoms with Gasteiger partial charge in [0.2, 0.25) is 0 Å². The number of hydrogen-bond acceptors (Lipinski definition) is 9. The monoisotopic (exact) mass is 687 g/mol. The van der Waals surface area contributed by atoms with Gasteiger partial charge < -0.3 is 9.26 Å². The minimum Gasteiger partial charge on any atom is -0.459 e. The Morgan fingerprint density at radius 2 is 1.56 bits per heavy atom. The number of hydrogen-bond donors (Lipinski definition) is 0. The predicted octanol–water partition coefficient (Wildman–Crippen LogP) is 6.71. The number of carbonyl (C=O) groups excluding carboxylic acids is 1. The van der Waals surface area contributed by atoms with Crippen LogP contribution >= 0.6 is 23.2 Å². The van der Waals surface area contributed by atoms with Crippen LogP contribution in [0.3, 0.4) is 0 Å². The van der Waals surface area contributed by atoms with Crippen LogP contribution in [0.4, 0.5) is 5.69 Å². The second kappa shape index (κ2) is 12.4. The van der Waals surface area contributed by atoms with Crippen LogP contribution in [0.1, 0.15) is 26.6 Å². The van der Waals surface area contributed by atoms with Gasteiger partial charge in [0.05, 0.1) is 15.5 Å². The quantitative estimate of drug-likeness (QED) is 0.155. The lowest BCUT2D eigenvalue weighted by molar-refractivity contribution is -0.152. The van der Waals surface area contributed by atoms with E-state index in [1.165, 1.54) is 36.4 Å². The van der Waals surface area contributed by atoms with E-state index >= 15 is 0 Å². The molecule has 10 nitrogen and oxygen atoms in total. The zero-order valence-corrected chi connectivity index (χ0v) is 27.4. The fourth-order valence-corrected chi connectivity index (χ4v) is 7.85. The molecule has 0 bridgehead atoms. The molecule has 5 aromatic rings. The van der Waals surface area contributed by atoms with E-state index < -0.39 is 43.7 Å². The van der Waals surface area contributed by atoms with Gasteiger partial charge in [-0.2, -0.15) is 4.98 Å². The molecule has 45 heavy (non-hydrogen) atoms. The van der Waals surface area contributed by atoms with Crippen LogP contribution in [0, 0.1) is 0 Å². The molecule has 14 heteroatoms. The van der Waals surface area contributed by atoms with E-state index in [-0.39, 0.29) is 37.2 Å². The van der Waals surface area contributed by atoms with E-state index in [1.54, 1.807) is 69.3 Å². The van der Waals surface area contributed by atoms with Gasteiger partial charge in [0.15, 0.2) is 15.7 Å². The number of aromatic nitrogens is 2. The minimum atomic E-state index is -4.35. The molecule has 5 rings (SSSR count). The Morgan fingerprint density at radius 1 is 0.867 bits per heavy atom. The molecule has 0 aliphatic carbocycles. The first kappa shape index (κ1) is 32.4. The summed E-state index contributed by atoms with van der Waals surface area (Å²) in [6, 6.07) is 21.8. The Balaban J connectivity index is 1.52. The summed E-state index contributed by atoms with van der Waals surface area (Å²) in [5.74, 6) is -1.16. The van der Waals surface area contributed by atoms with Crippen LogP contribution in [-0.2, 0) is 35.1 Å². The topological polar surface area (TPSA) is 137 Å². The van der Waals surface area contributed by atoms with Crippen molar-refractivity contribution in [2.24, 2.45) is 0 Å². The molecule has 0 atom stereocenters. The van der Waals surface area contributed by atoms with Crippen molar-refractivity contribution in [2.75, 3.05) is 10.8 Å². The molecule has 0 N–H and O–H groups in total. The summed E-state index contributed by atoms with van der Waals surface area (Å²) >= 11 is 12.2. The second-order valence-electron chi connectivity index (χ2n) is 11.0. The average Bonchev–Trinajstić information content (AvgIpc) is 3.41. The maximum atomic E-state index is 13.9. The molecule has 0 amide bonds. The fourth-order valence-electron chi connectivity index (χ4n) is 4.53. The average molecular weight is 689 g/mol. The molecule has 234 valence electrons. The first-order valence-corrected chi connectivity index (χ1v) is 17.3. The molecule has 0 aliphatic rings. The number of halogens is 2. The van der Waals surface area contributed by atoms with Crippen LogP contribution in [0.25, 0.3) is 22.2 Å². The first-order valence-electron chi connectivity index (χ1n) is 13.5. The Hall–Kier alpha value is -3.97. The Bertz CT molecular complexity index is 2090. The van der Waals surface area contributed by atoms with Crippen LogP contribution < -0.4 is 4.31 Å². The summed E-state index contributed by atoms with van der Waals surface area (Å²) in [5.41, 5.74) is -0.187. The molecule has 0 spiro atoms. The largest absolute Gasteiger partial charge is 0.459 e. The Labute approximate surface area is 270 Å². The summed E-state index contributed by atoms with van der Waals surface area (Å²) in [6.45, 7) is 4.41. The maximum Gasteiger partial charge on any atom is 0.327 e. The molecule has 0 saturated heterocycles. The molecule has 1 heterocycles. The Morgan fingerprint density at radius 3 is 2.22 bits per heavy atom. The molecule has 0 unspecified atom stereocenters. The summed E-state index contributed by atoms with van der Waals surface area (Å²) in [4.78, 5) is 17.1. The van der Waals surface area contributed by atoms with Crippen molar-refractivity contribution in [1.29, 1.82) is 0 Å². The van der Waals surface area contributed by atoms with Crippen molar-refractivity contribution < 1.29 is 30.9 Å². The third-order valence-corrected chi connectivity index (χ3v) is 10.2. The first-order chi connectivity index (χ1) is 21.1. The van der Waals surface area contributed by atoms with Gasteiger partial charge in [-0.05, 0) is 80.1 Å². The Kier molecular flexibility index (Phi) is 8.96. The number of anilines is 1. The van der Waals surface area contributed by atoms with Gasteiger partial charge in [-0.1, -0.05) is 64.8 Å². The molecular weight excluding hydrogens is 661 g/mol. The minimum absolute atomic E-state index is 0.0164. The van der Waals surface area contributed by atoms with E-state index in [0.717, 1.165) is 4.31 Å². The third-order valence-electron chi connectivity index (χ3n) is 6.39. The number of carbonyl (C=O) groups is 1. The number of benzene rings is 4. The van der Waals surface area contributed by atoms with Crippen LogP contribution in [0.5, 0.6) is 0 Å². The molecule has 1 aromatic heterocycles. The van der Waals surface area contributed by atoms with Gasteiger partial charge in [-0.3, -0.25) is 9.10 Å². The summed E-state index contributed by atoms with van der Waals surface area (Å²) in [6.07, 6.45) is 0. The number of fused-ring (bicyclic) bond motifs is 1. The molecule has 0 radical (unpaired) electrons. The summed E-state index contributed by atoms with van der Waals surface area (Å²) in [5, 5.41) is 5.28. The van der Waals surface area contributed by atoms with Crippen molar-refractivity contribution in [2.45, 2.75) is 41.9 Å². The number of rotatable bonds is 9. The van der Waals surface area contributed by atoms with E-state index in [0.29, 0.717) is 16.3 Å². The van der Waals surface area contributed by atoms with E-state index in [9.17, 15) is 21.6 Å². The van der Waals surface area contributed by atoms with Gasteiger partial charge >= 0.3 is 5.97 Å². The fraction of sp³-hybridized carbons (Fsp3) is 0.194. The summed E-state index contributed by atoms with van der Waals surface area (Å²) < 4.78 is 65.2. The number of ether oxygens (including phenoxy) is 1. The highest BCUT2D eigenvalue weighted by atomic mass is 35.5. The smallest absolute Gasteiger partial charge is 0.327 e. The normalized spacial score (nSPS) is 12.3. The molecule has 0 aliphatic heterocycles. The SMILES string of the molecule is CC(C)(C)OC(=O)CN(c1ccc2c(-c3nc(CS(=O)(=O)c4ccccc4)no3)cccc2c1)S(=O)(=O)c1cc(Cl)cc(Cl)c1. The highest BCUT2D eigenvalue weighted by Crippen LogP contribution is 2.34. The lowest BCUT2D eigenvalue weighted by Gasteiger charge is -2.27. The molecule has 0 saturated carbocycles. The van der Waals surface area contributed by atoms with Crippen molar-refractivity contribution in [3.8, 4) is 11.5 Å². The van der Waals surface area contributed by atoms with Crippen molar-refractivity contribution in [3.63, 3.8) is 0 Å². The standard InChI is InChI=1S/C31H27Cl2N3O7S2/c1-31(2,3)42-29(37)18-36(45(40,41)25-16-21(32)15-22(33)17-25)23-12-13-26-20(14-23)8-7-11-27(26)30-34-28(35-43-30)19-44(38,39)24-9-5-4-6-10-24/h4-17H,18-19H2,1-3H3. The van der Waals surface area contributed by atoms with Crippen molar-refractivity contribution >= 4 is 65.5 Å². The number of sulfonamides is 1. The lowest BCUT2D eigenvalue weighted by Crippen LogP contribution is -2.39. The number of nitrogens with zero attached hydrogens (tertiary/aromatic N) is 3. The highest BCUT2D eigenvalue weighted by molar-refractivity contribution is 7.93.